The summed E-state index contributed by atoms with van der Waals surface area (Å²) in [6.45, 7) is 0. The molecule has 0 amide bonds. The first-order valence-electron chi connectivity index (χ1n) is 1.92. The van der Waals surface area contributed by atoms with Crippen LogP contribution in [0, 0.1) is 0 Å². The lowest BCUT2D eigenvalue weighted by molar-refractivity contribution is 1.83. The molecule has 1 fully saturated rings. The third kappa shape index (κ3) is 1.68. The molecule has 0 atom stereocenters. The third-order valence-corrected chi connectivity index (χ3v) is 14.4. The van der Waals surface area contributed by atoms with Gasteiger partial charge in [-0.1, -0.05) is 29.8 Å². The summed E-state index contributed by atoms with van der Waals surface area (Å²) < 4.78 is 0. The first-order chi connectivity index (χ1) is 3.10. The lowest BCUT2D eigenvalue weighted by Gasteiger charge is -2.37. The van der Waals surface area contributed by atoms with Gasteiger partial charge in [0.2, 0.25) is 0 Å². The monoisotopic (exact) mass is 194 g/mol. The van der Waals surface area contributed by atoms with Crippen LogP contribution in [0.5, 0.6) is 0 Å². The minimum Gasteiger partial charge on any atom is -0.170 e. The Bertz CT molecular complexity index is 77.0. The Morgan fingerprint density at radius 3 is 1.71 bits per heavy atom. The van der Waals surface area contributed by atoms with E-state index in [1.165, 1.54) is 0 Å². The van der Waals surface area contributed by atoms with Crippen LogP contribution in [0.2, 0.25) is 0 Å². The van der Waals surface area contributed by atoms with Crippen LogP contribution in [0.25, 0.3) is 0 Å². The Labute approximate surface area is 59.8 Å². The molecule has 1 aliphatic heterocycles. The van der Waals surface area contributed by atoms with Gasteiger partial charge in [0.25, 0.3) is 0 Å². The van der Waals surface area contributed by atoms with E-state index < -0.39 is 16.6 Å². The summed E-state index contributed by atoms with van der Waals surface area (Å²) >= 11 is 5.72. The molecular weight excluding hydrogens is 191 g/mol. The smallest absolute Gasteiger partial charge is 0.161 e. The van der Waals surface area contributed by atoms with Gasteiger partial charge in [-0.3, -0.25) is 0 Å². The van der Waals surface area contributed by atoms with Gasteiger partial charge in [-0.2, -0.15) is 11.1 Å². The lowest BCUT2D eigenvalue weighted by atomic mass is 11.8. The predicted molar refractivity (Wildman–Crippen MR) is 42.0 cm³/mol. The van der Waals surface area contributed by atoms with Crippen LogP contribution in [-0.4, -0.2) is 18.9 Å². The molecule has 1 heterocycles. The molecule has 7 heavy (non-hydrogen) atoms. The van der Waals surface area contributed by atoms with Crippen LogP contribution in [0.15, 0.2) is 0 Å². The average molecular weight is 196 g/mol. The molecule has 1 saturated heterocycles. The van der Waals surface area contributed by atoms with E-state index in [4.69, 9.17) is 32.4 Å². The van der Waals surface area contributed by atoms with Gasteiger partial charge in [0.05, 0.1) is 0 Å². The summed E-state index contributed by atoms with van der Waals surface area (Å²) in [7, 11) is 9.39. The fourth-order valence-corrected chi connectivity index (χ4v) is 16.0. The maximum absolute atomic E-state index is 5.72. The lowest BCUT2D eigenvalue weighted by Crippen LogP contribution is -2.32. The van der Waals surface area contributed by atoms with Crippen LogP contribution in [0.4, 0.5) is 0 Å². The van der Waals surface area contributed by atoms with Gasteiger partial charge in [0, 0.05) is 10.8 Å². The molecule has 0 N–H and O–H groups in total. The van der Waals surface area contributed by atoms with E-state index in [1.54, 1.807) is 0 Å². The predicted octanol–water partition coefficient (Wildman–Crippen LogP) is 2.15. The molecule has 1 aliphatic rings. The SMILES string of the molecule is Cl[SiH]1CS(Cl)(Cl)C1. The second-order valence-corrected chi connectivity index (χ2v) is 12.8. The normalized spacial score (nSPS) is 34.1. The van der Waals surface area contributed by atoms with Crippen molar-refractivity contribution in [1.29, 1.82) is 0 Å². The second kappa shape index (κ2) is 1.99. The molecular formula is C2H5Cl3SSi. The van der Waals surface area contributed by atoms with E-state index >= 15 is 0 Å². The van der Waals surface area contributed by atoms with Gasteiger partial charge >= 0.3 is 0 Å². The quantitative estimate of drug-likeness (QED) is 0.411. The molecule has 5 heteroatoms. The Morgan fingerprint density at radius 1 is 1.29 bits per heavy atom. The van der Waals surface area contributed by atoms with Gasteiger partial charge in [-0.05, 0) is 0 Å². The maximum atomic E-state index is 5.72. The zero-order chi connectivity index (χ0) is 5.49. The first kappa shape index (κ1) is 6.56. The van der Waals surface area contributed by atoms with Gasteiger partial charge in [-0.15, -0.1) is 0 Å². The third-order valence-electron chi connectivity index (χ3n) is 0.849. The van der Waals surface area contributed by atoms with Crippen molar-refractivity contribution in [3.63, 3.8) is 0 Å². The number of hydrogen-bond donors (Lipinski definition) is 0. The molecule has 0 aliphatic carbocycles. The number of rotatable bonds is 0. The summed E-state index contributed by atoms with van der Waals surface area (Å²) in [5, 5.41) is 1.91. The van der Waals surface area contributed by atoms with Gasteiger partial charge in [0.15, 0.2) is 8.11 Å². The summed E-state index contributed by atoms with van der Waals surface area (Å²) in [5.41, 5.74) is 0. The van der Waals surface area contributed by atoms with Crippen molar-refractivity contribution in [1.82, 2.24) is 0 Å². The highest BCUT2D eigenvalue weighted by Crippen LogP contribution is 2.65. The zero-order valence-electron chi connectivity index (χ0n) is 3.53. The maximum Gasteiger partial charge on any atom is 0.161 e. The van der Waals surface area contributed by atoms with Gasteiger partial charge < -0.3 is 0 Å². The highest BCUT2D eigenvalue weighted by molar-refractivity contribution is 8.69. The summed E-state index contributed by atoms with van der Waals surface area (Å²) in [6, 6.07) is 0. The van der Waals surface area contributed by atoms with E-state index in [-0.39, 0.29) is 0 Å². The summed E-state index contributed by atoms with van der Waals surface area (Å²) in [4.78, 5) is 0. The highest BCUT2D eigenvalue weighted by Gasteiger charge is 2.36. The number of halogens is 3. The largest absolute Gasteiger partial charge is 0.170 e. The van der Waals surface area contributed by atoms with Crippen molar-refractivity contribution < 1.29 is 0 Å². The van der Waals surface area contributed by atoms with E-state index in [2.05, 4.69) is 0 Å². The Kier molecular flexibility index (Phi) is 1.87. The standard InChI is InChI=1S/C2H5Cl3SSi/c3-6(4)1-7(5)2-6/h7H,1-2H2. The molecule has 0 bridgehead atoms. The molecule has 0 unspecified atom stereocenters. The van der Waals surface area contributed by atoms with Crippen LogP contribution in [0.1, 0.15) is 0 Å². The van der Waals surface area contributed by atoms with Crippen LogP contribution in [-0.2, 0) is 0 Å². The summed E-state index contributed by atoms with van der Waals surface area (Å²) in [6.07, 6.45) is 0. The Balaban J connectivity index is 2.29. The van der Waals surface area contributed by atoms with Crippen molar-refractivity contribution in [2.75, 3.05) is 10.8 Å². The topological polar surface area (TPSA) is 0 Å². The molecule has 0 radical (unpaired) electrons. The van der Waals surface area contributed by atoms with Crippen molar-refractivity contribution in [3.8, 4) is 0 Å². The van der Waals surface area contributed by atoms with Crippen molar-refractivity contribution in [2.24, 2.45) is 0 Å². The molecule has 0 aromatic heterocycles. The van der Waals surface area contributed by atoms with E-state index in [1.807, 2.05) is 0 Å². The molecule has 1 rings (SSSR count). The minimum absolute atomic E-state index is 0.849. The molecule has 0 aromatic rings. The minimum atomic E-state index is -1.16. The van der Waals surface area contributed by atoms with Crippen molar-refractivity contribution in [2.45, 2.75) is 0 Å². The fourth-order valence-electron chi connectivity index (χ4n) is 0.480. The second-order valence-electron chi connectivity index (χ2n) is 1.63. The van der Waals surface area contributed by atoms with Crippen LogP contribution in [0.3, 0.4) is 0 Å². The molecule has 0 aromatic carbocycles. The molecule has 0 saturated carbocycles. The highest BCUT2D eigenvalue weighted by atomic mass is 36.0. The van der Waals surface area contributed by atoms with Crippen molar-refractivity contribution in [3.05, 3.63) is 0 Å². The van der Waals surface area contributed by atoms with Crippen LogP contribution >= 0.6 is 40.9 Å². The van der Waals surface area contributed by atoms with Gasteiger partial charge in [-0.25, -0.2) is 0 Å². The molecule has 0 nitrogen and oxygen atoms in total. The zero-order valence-corrected chi connectivity index (χ0v) is 7.77. The van der Waals surface area contributed by atoms with Crippen LogP contribution < -0.4 is 0 Å². The fraction of sp³-hybridized carbons (Fsp3) is 1.00. The summed E-state index contributed by atoms with van der Waals surface area (Å²) in [5.74, 6) is 0. The van der Waals surface area contributed by atoms with E-state index in [0.29, 0.717) is 0 Å². The average Bonchev–Trinajstić information content (AvgIpc) is 1.27. The van der Waals surface area contributed by atoms with E-state index in [9.17, 15) is 0 Å². The molecule has 44 valence electrons. The Morgan fingerprint density at radius 2 is 1.71 bits per heavy atom. The van der Waals surface area contributed by atoms with Crippen molar-refractivity contribution >= 4 is 49.0 Å². The molecule has 0 spiro atoms. The van der Waals surface area contributed by atoms with E-state index in [0.717, 1.165) is 10.8 Å². The van der Waals surface area contributed by atoms with Gasteiger partial charge in [0.1, 0.15) is 0 Å². The Hall–Kier alpha value is 1.44. The first-order valence-corrected chi connectivity index (χ1v) is 8.92. The number of hydrogen-bond acceptors (Lipinski definition) is 0.